The third kappa shape index (κ3) is 5.04. The van der Waals surface area contributed by atoms with E-state index in [-0.39, 0.29) is 0 Å². The molecule has 2 atom stereocenters. The minimum absolute atomic E-state index is 0.417. The van der Waals surface area contributed by atoms with E-state index in [9.17, 15) is 0 Å². The van der Waals surface area contributed by atoms with Crippen LogP contribution in [0.25, 0.3) is 33.3 Å². The molecule has 5 nitrogen and oxygen atoms in total. The smallest absolute Gasteiger partial charge is 0.137 e. The first kappa shape index (κ1) is 29.1. The summed E-state index contributed by atoms with van der Waals surface area (Å²) in [7, 11) is 0. The van der Waals surface area contributed by atoms with Gasteiger partial charge in [-0.05, 0) is 100 Å². The van der Waals surface area contributed by atoms with E-state index < -0.39 is 0 Å². The van der Waals surface area contributed by atoms with Crippen molar-refractivity contribution in [2.75, 3.05) is 0 Å². The summed E-state index contributed by atoms with van der Waals surface area (Å²) in [5.41, 5.74) is 11.2. The highest BCUT2D eigenvalue weighted by Crippen LogP contribution is 2.44. The van der Waals surface area contributed by atoms with Crippen molar-refractivity contribution in [2.45, 2.75) is 73.1 Å². The molecule has 3 heterocycles. The lowest BCUT2D eigenvalue weighted by atomic mass is 9.73. The van der Waals surface area contributed by atoms with Crippen LogP contribution in [-0.4, -0.2) is 19.3 Å². The Balaban J connectivity index is 1.27. The molecule has 1 aliphatic rings. The lowest BCUT2D eigenvalue weighted by Gasteiger charge is -2.32. The monoisotopic (exact) mass is 594 g/mol. The Morgan fingerprint density at radius 1 is 0.822 bits per heavy atom. The highest BCUT2D eigenvalue weighted by Gasteiger charge is 2.31. The highest BCUT2D eigenvalue weighted by molar-refractivity contribution is 6.09. The van der Waals surface area contributed by atoms with E-state index in [0.717, 1.165) is 39.7 Å². The van der Waals surface area contributed by atoms with Gasteiger partial charge in [-0.2, -0.15) is 5.10 Å². The molecule has 0 bridgehead atoms. The van der Waals surface area contributed by atoms with E-state index in [1.807, 2.05) is 12.3 Å². The summed E-state index contributed by atoms with van der Waals surface area (Å²) < 4.78 is 10.9. The Bertz CT molecular complexity index is 2090. The molecule has 228 valence electrons. The number of hydrogen-bond acceptors (Lipinski definition) is 3. The number of nitrogens with zero attached hydrogens (tertiary/aromatic N) is 4. The Morgan fingerprint density at radius 3 is 2.42 bits per heavy atom. The minimum Gasteiger partial charge on any atom is -0.457 e. The Labute approximate surface area is 266 Å². The molecule has 3 aromatic carbocycles. The largest absolute Gasteiger partial charge is 0.457 e. The van der Waals surface area contributed by atoms with Crippen LogP contribution in [0.2, 0.25) is 0 Å². The molecule has 0 fully saturated rings. The van der Waals surface area contributed by atoms with Gasteiger partial charge in [0, 0.05) is 46.3 Å². The average Bonchev–Trinajstić information content (AvgIpc) is 3.52. The molecule has 0 unspecified atom stereocenters. The third-order valence-corrected chi connectivity index (χ3v) is 9.95. The van der Waals surface area contributed by atoms with Crippen molar-refractivity contribution in [2.24, 2.45) is 5.92 Å². The van der Waals surface area contributed by atoms with Crippen molar-refractivity contribution in [3.63, 3.8) is 0 Å². The number of pyridine rings is 1. The molecule has 45 heavy (non-hydrogen) atoms. The second-order valence-corrected chi connectivity index (χ2v) is 13.2. The van der Waals surface area contributed by atoms with E-state index in [4.69, 9.17) is 14.8 Å². The number of para-hydroxylation sites is 1. The Morgan fingerprint density at radius 2 is 1.60 bits per heavy atom. The second-order valence-electron chi connectivity index (χ2n) is 13.2. The number of allylic oxidation sites excluding steroid dienone is 2. The van der Waals surface area contributed by atoms with E-state index in [2.05, 4.69) is 131 Å². The zero-order valence-electron chi connectivity index (χ0n) is 27.4. The van der Waals surface area contributed by atoms with Crippen LogP contribution >= 0.6 is 0 Å². The summed E-state index contributed by atoms with van der Waals surface area (Å²) in [4.78, 5) is 4.80. The topological polar surface area (TPSA) is 44.9 Å². The average molecular weight is 595 g/mol. The summed E-state index contributed by atoms with van der Waals surface area (Å²) in [6, 6.07) is 27.5. The highest BCUT2D eigenvalue weighted by atomic mass is 16.5. The molecule has 3 aromatic heterocycles. The van der Waals surface area contributed by atoms with Gasteiger partial charge in [-0.1, -0.05) is 56.2 Å². The van der Waals surface area contributed by atoms with Crippen molar-refractivity contribution in [3.8, 4) is 23.0 Å². The van der Waals surface area contributed by atoms with Gasteiger partial charge in [0.2, 0.25) is 0 Å². The fraction of sp³-hybridized carbons (Fsp3) is 0.300. The standard InChI is InChI=1S/C40H42N4O/c1-24(2)30-19-20-41-38(21-30)43-36-14-9-8-13-34(36)35-18-17-33(23-37(35)43)45-32-12-10-11-31(22-32)44-29(7)40(28(6)42-44)39-26(4)16-15-25(3)27(39)5/h8-14,17-24,26,39H,15-16H2,1-7H3/t26-,39-/m0/s1. The number of ether oxygens (including phenoxy) is 1. The predicted molar refractivity (Wildman–Crippen MR) is 185 cm³/mol. The number of benzene rings is 3. The van der Waals surface area contributed by atoms with Crippen LogP contribution in [0.1, 0.15) is 81.8 Å². The van der Waals surface area contributed by atoms with Gasteiger partial charge in [-0.3, -0.25) is 4.57 Å². The van der Waals surface area contributed by atoms with Crippen LogP contribution in [0.3, 0.4) is 0 Å². The lowest BCUT2D eigenvalue weighted by Crippen LogP contribution is -2.18. The molecule has 0 saturated carbocycles. The van der Waals surface area contributed by atoms with Crippen molar-refractivity contribution >= 4 is 21.8 Å². The van der Waals surface area contributed by atoms with E-state index in [1.54, 1.807) is 0 Å². The van der Waals surface area contributed by atoms with E-state index in [1.165, 1.54) is 51.6 Å². The van der Waals surface area contributed by atoms with Gasteiger partial charge >= 0.3 is 0 Å². The third-order valence-electron chi connectivity index (χ3n) is 9.95. The number of aromatic nitrogens is 4. The minimum atomic E-state index is 0.417. The van der Waals surface area contributed by atoms with E-state index in [0.29, 0.717) is 17.8 Å². The molecular formula is C40H42N4O. The summed E-state index contributed by atoms with van der Waals surface area (Å²) in [6.45, 7) is 15.8. The second kappa shape index (κ2) is 11.4. The van der Waals surface area contributed by atoms with E-state index >= 15 is 0 Å². The van der Waals surface area contributed by atoms with Gasteiger partial charge in [0.1, 0.15) is 17.3 Å². The molecule has 0 N–H and O–H groups in total. The maximum atomic E-state index is 6.56. The molecule has 6 aromatic rings. The van der Waals surface area contributed by atoms with Crippen LogP contribution in [0.5, 0.6) is 11.5 Å². The molecule has 1 aliphatic carbocycles. The van der Waals surface area contributed by atoms with Crippen LogP contribution in [0.15, 0.2) is 96.2 Å². The maximum Gasteiger partial charge on any atom is 0.137 e. The molecule has 5 heteroatoms. The van der Waals surface area contributed by atoms with Crippen molar-refractivity contribution in [1.29, 1.82) is 0 Å². The summed E-state index contributed by atoms with van der Waals surface area (Å²) >= 11 is 0. The summed E-state index contributed by atoms with van der Waals surface area (Å²) in [5.74, 6) is 3.92. The fourth-order valence-corrected chi connectivity index (χ4v) is 7.35. The zero-order chi connectivity index (χ0) is 31.4. The van der Waals surface area contributed by atoms with Gasteiger partial charge in [0.05, 0.1) is 22.4 Å². The van der Waals surface area contributed by atoms with Crippen molar-refractivity contribution < 1.29 is 4.74 Å². The van der Waals surface area contributed by atoms with Gasteiger partial charge < -0.3 is 4.74 Å². The lowest BCUT2D eigenvalue weighted by molar-refractivity contribution is 0.436. The quantitative estimate of drug-likeness (QED) is 0.180. The summed E-state index contributed by atoms with van der Waals surface area (Å²) in [6.07, 6.45) is 4.33. The van der Waals surface area contributed by atoms with Gasteiger partial charge in [-0.25, -0.2) is 9.67 Å². The SMILES string of the molecule is CC1=C(C)[C@@H](c2c(C)nn(-c3cccc(Oc4ccc5c6ccccc6n(-c6cc(C(C)C)ccn6)c5c4)c3)c2C)[C@@H](C)CC1. The van der Waals surface area contributed by atoms with Crippen LogP contribution in [0, 0.1) is 19.8 Å². The zero-order valence-corrected chi connectivity index (χ0v) is 27.4. The number of rotatable bonds is 6. The first-order valence-corrected chi connectivity index (χ1v) is 16.2. The molecular weight excluding hydrogens is 552 g/mol. The molecule has 0 aliphatic heterocycles. The Hall–Kier alpha value is -4.64. The molecule has 7 rings (SSSR count). The number of fused-ring (bicyclic) bond motifs is 3. The van der Waals surface area contributed by atoms with Crippen LogP contribution in [-0.2, 0) is 0 Å². The maximum absolute atomic E-state index is 6.56. The number of aryl methyl sites for hydroxylation is 1. The predicted octanol–water partition coefficient (Wildman–Crippen LogP) is 10.7. The molecule has 0 radical (unpaired) electrons. The summed E-state index contributed by atoms with van der Waals surface area (Å²) in [5, 5.41) is 7.43. The molecule has 0 spiro atoms. The van der Waals surface area contributed by atoms with Gasteiger partial charge in [-0.15, -0.1) is 0 Å². The van der Waals surface area contributed by atoms with Crippen molar-refractivity contribution in [1.82, 2.24) is 19.3 Å². The van der Waals surface area contributed by atoms with Crippen LogP contribution < -0.4 is 4.74 Å². The van der Waals surface area contributed by atoms with Gasteiger partial charge in [0.25, 0.3) is 0 Å². The normalized spacial score (nSPS) is 17.2. The number of hydrogen-bond donors (Lipinski definition) is 0. The Kier molecular flexibility index (Phi) is 7.35. The fourth-order valence-electron chi connectivity index (χ4n) is 7.35. The molecule has 0 amide bonds. The van der Waals surface area contributed by atoms with Crippen molar-refractivity contribution in [3.05, 3.63) is 119 Å². The van der Waals surface area contributed by atoms with Crippen LogP contribution in [0.4, 0.5) is 0 Å². The van der Waals surface area contributed by atoms with Gasteiger partial charge in [0.15, 0.2) is 0 Å². The molecule has 0 saturated heterocycles. The first-order chi connectivity index (χ1) is 21.7. The first-order valence-electron chi connectivity index (χ1n) is 16.2.